The highest BCUT2D eigenvalue weighted by Gasteiger charge is 2.18. The van der Waals surface area contributed by atoms with Gasteiger partial charge in [0.2, 0.25) is 5.95 Å². The first-order valence-electron chi connectivity index (χ1n) is 6.55. The van der Waals surface area contributed by atoms with Crippen LogP contribution in [0.25, 0.3) is 11.3 Å². The lowest BCUT2D eigenvalue weighted by Gasteiger charge is -2.16. The Morgan fingerprint density at radius 1 is 1.22 bits per heavy atom. The van der Waals surface area contributed by atoms with Crippen LogP contribution in [0.3, 0.4) is 0 Å². The standard InChI is InChI=1S/C15H19N3/c1-10-5-6-11(2)13(9-10)14-12(3)18-8-4-7-16-15(18)17-14/h5-6,9H,4,7-8H2,1-3H3,(H,16,17). The fraction of sp³-hybridized carbons (Fsp3) is 0.400. The molecule has 0 saturated carbocycles. The van der Waals surface area contributed by atoms with Crippen molar-refractivity contribution < 1.29 is 0 Å². The highest BCUT2D eigenvalue weighted by Crippen LogP contribution is 2.30. The van der Waals surface area contributed by atoms with Gasteiger partial charge in [-0.15, -0.1) is 0 Å². The predicted molar refractivity (Wildman–Crippen MR) is 75.0 cm³/mol. The summed E-state index contributed by atoms with van der Waals surface area (Å²) in [5.74, 6) is 1.02. The van der Waals surface area contributed by atoms with Crippen LogP contribution in [0.1, 0.15) is 23.2 Å². The van der Waals surface area contributed by atoms with Crippen molar-refractivity contribution in [3.8, 4) is 11.3 Å². The Kier molecular flexibility index (Phi) is 2.62. The van der Waals surface area contributed by atoms with Crippen LogP contribution < -0.4 is 5.32 Å². The number of nitrogens with zero attached hydrogens (tertiary/aromatic N) is 2. The molecule has 0 saturated heterocycles. The van der Waals surface area contributed by atoms with E-state index in [0.29, 0.717) is 0 Å². The Hall–Kier alpha value is -1.77. The van der Waals surface area contributed by atoms with Crippen LogP contribution in [0.5, 0.6) is 0 Å². The van der Waals surface area contributed by atoms with Crippen LogP contribution in [0.2, 0.25) is 0 Å². The van der Waals surface area contributed by atoms with Gasteiger partial charge in [0.1, 0.15) is 0 Å². The van der Waals surface area contributed by atoms with Gasteiger partial charge in [0, 0.05) is 24.3 Å². The van der Waals surface area contributed by atoms with E-state index in [4.69, 9.17) is 4.98 Å². The van der Waals surface area contributed by atoms with Crippen molar-refractivity contribution >= 4 is 5.95 Å². The van der Waals surface area contributed by atoms with Gasteiger partial charge in [-0.05, 0) is 38.8 Å². The van der Waals surface area contributed by atoms with Gasteiger partial charge < -0.3 is 9.88 Å². The molecule has 94 valence electrons. The molecule has 1 aliphatic rings. The average Bonchev–Trinajstić information content (AvgIpc) is 2.71. The summed E-state index contributed by atoms with van der Waals surface area (Å²) in [5, 5.41) is 3.38. The molecular formula is C15H19N3. The number of anilines is 1. The molecule has 2 aromatic rings. The maximum Gasteiger partial charge on any atom is 0.203 e. The van der Waals surface area contributed by atoms with Crippen LogP contribution >= 0.6 is 0 Å². The lowest BCUT2D eigenvalue weighted by atomic mass is 10.0. The lowest BCUT2D eigenvalue weighted by Crippen LogP contribution is -2.17. The summed E-state index contributed by atoms with van der Waals surface area (Å²) in [4.78, 5) is 4.77. The van der Waals surface area contributed by atoms with Crippen molar-refractivity contribution in [2.75, 3.05) is 11.9 Å². The van der Waals surface area contributed by atoms with Gasteiger partial charge in [0.05, 0.1) is 5.69 Å². The van der Waals surface area contributed by atoms with Gasteiger partial charge in [-0.2, -0.15) is 0 Å². The van der Waals surface area contributed by atoms with Crippen LogP contribution in [0.15, 0.2) is 18.2 Å². The number of nitrogens with one attached hydrogen (secondary N) is 1. The van der Waals surface area contributed by atoms with E-state index in [9.17, 15) is 0 Å². The minimum Gasteiger partial charge on any atom is -0.356 e. The quantitative estimate of drug-likeness (QED) is 0.830. The predicted octanol–water partition coefficient (Wildman–Crippen LogP) is 3.29. The fourth-order valence-electron chi connectivity index (χ4n) is 2.63. The van der Waals surface area contributed by atoms with E-state index in [1.165, 1.54) is 28.8 Å². The van der Waals surface area contributed by atoms with E-state index >= 15 is 0 Å². The van der Waals surface area contributed by atoms with Crippen LogP contribution in [-0.4, -0.2) is 16.1 Å². The molecule has 1 aromatic carbocycles. The molecule has 1 N–H and O–H groups in total. The Balaban J connectivity index is 2.17. The molecule has 0 spiro atoms. The summed E-state index contributed by atoms with van der Waals surface area (Å²) in [6, 6.07) is 6.56. The highest BCUT2D eigenvalue weighted by molar-refractivity contribution is 5.68. The first-order chi connectivity index (χ1) is 8.66. The molecule has 0 radical (unpaired) electrons. The van der Waals surface area contributed by atoms with Gasteiger partial charge in [0.15, 0.2) is 0 Å². The van der Waals surface area contributed by atoms with Gasteiger partial charge in [-0.25, -0.2) is 4.98 Å². The third-order valence-corrected chi connectivity index (χ3v) is 3.71. The minimum atomic E-state index is 1.02. The molecule has 0 aliphatic carbocycles. The Labute approximate surface area is 108 Å². The second kappa shape index (κ2) is 4.16. The smallest absolute Gasteiger partial charge is 0.203 e. The summed E-state index contributed by atoms with van der Waals surface area (Å²) in [5.41, 5.74) is 6.23. The molecule has 3 rings (SSSR count). The number of imidazole rings is 1. The highest BCUT2D eigenvalue weighted by atomic mass is 15.2. The molecule has 2 heterocycles. The fourth-order valence-corrected chi connectivity index (χ4v) is 2.63. The number of fused-ring (bicyclic) bond motifs is 1. The van der Waals surface area contributed by atoms with Crippen LogP contribution in [0, 0.1) is 20.8 Å². The first kappa shape index (κ1) is 11.3. The SMILES string of the molecule is Cc1ccc(C)c(-c2nc3n(c2C)CCCN3)c1. The van der Waals surface area contributed by atoms with E-state index in [0.717, 1.165) is 24.7 Å². The van der Waals surface area contributed by atoms with Crippen molar-refractivity contribution in [3.05, 3.63) is 35.0 Å². The zero-order chi connectivity index (χ0) is 12.7. The van der Waals surface area contributed by atoms with Crippen molar-refractivity contribution in [1.82, 2.24) is 9.55 Å². The Bertz CT molecular complexity index is 596. The van der Waals surface area contributed by atoms with Crippen molar-refractivity contribution in [2.45, 2.75) is 33.7 Å². The van der Waals surface area contributed by atoms with Crippen molar-refractivity contribution in [1.29, 1.82) is 0 Å². The summed E-state index contributed by atoms with van der Waals surface area (Å²) < 4.78 is 2.29. The summed E-state index contributed by atoms with van der Waals surface area (Å²) >= 11 is 0. The topological polar surface area (TPSA) is 29.9 Å². The number of aromatic nitrogens is 2. The molecule has 18 heavy (non-hydrogen) atoms. The second-order valence-electron chi connectivity index (χ2n) is 5.12. The first-order valence-corrected chi connectivity index (χ1v) is 6.55. The molecule has 0 unspecified atom stereocenters. The maximum absolute atomic E-state index is 4.77. The zero-order valence-corrected chi connectivity index (χ0v) is 11.2. The molecule has 3 heteroatoms. The second-order valence-corrected chi connectivity index (χ2v) is 5.12. The van der Waals surface area contributed by atoms with Gasteiger partial charge in [0.25, 0.3) is 0 Å². The van der Waals surface area contributed by atoms with E-state index in [-0.39, 0.29) is 0 Å². The van der Waals surface area contributed by atoms with Gasteiger partial charge >= 0.3 is 0 Å². The molecule has 1 aliphatic heterocycles. The average molecular weight is 241 g/mol. The summed E-state index contributed by atoms with van der Waals surface area (Å²) in [6.07, 6.45) is 1.18. The van der Waals surface area contributed by atoms with E-state index in [1.54, 1.807) is 0 Å². The molecule has 0 amide bonds. The monoisotopic (exact) mass is 241 g/mol. The molecular weight excluding hydrogens is 222 g/mol. The summed E-state index contributed by atoms with van der Waals surface area (Å²) in [7, 11) is 0. The number of benzene rings is 1. The number of hydrogen-bond donors (Lipinski definition) is 1. The maximum atomic E-state index is 4.77. The molecule has 0 bridgehead atoms. The third kappa shape index (κ3) is 1.70. The van der Waals surface area contributed by atoms with E-state index in [2.05, 4.69) is 48.9 Å². The number of hydrogen-bond acceptors (Lipinski definition) is 2. The molecule has 1 aromatic heterocycles. The minimum absolute atomic E-state index is 1.02. The lowest BCUT2D eigenvalue weighted by molar-refractivity contribution is 0.615. The third-order valence-electron chi connectivity index (χ3n) is 3.71. The Morgan fingerprint density at radius 2 is 2.06 bits per heavy atom. The van der Waals surface area contributed by atoms with Crippen LogP contribution in [0.4, 0.5) is 5.95 Å². The summed E-state index contributed by atoms with van der Waals surface area (Å²) in [6.45, 7) is 8.56. The van der Waals surface area contributed by atoms with Crippen molar-refractivity contribution in [3.63, 3.8) is 0 Å². The number of aryl methyl sites for hydroxylation is 2. The normalized spacial score (nSPS) is 14.2. The largest absolute Gasteiger partial charge is 0.356 e. The molecule has 0 fully saturated rings. The Morgan fingerprint density at radius 3 is 2.83 bits per heavy atom. The van der Waals surface area contributed by atoms with Crippen molar-refractivity contribution in [2.24, 2.45) is 0 Å². The number of rotatable bonds is 1. The van der Waals surface area contributed by atoms with Crippen LogP contribution in [-0.2, 0) is 6.54 Å². The molecule has 3 nitrogen and oxygen atoms in total. The van der Waals surface area contributed by atoms with Gasteiger partial charge in [-0.3, -0.25) is 0 Å². The van der Waals surface area contributed by atoms with E-state index in [1.807, 2.05) is 0 Å². The molecule has 0 atom stereocenters. The van der Waals surface area contributed by atoms with E-state index < -0.39 is 0 Å². The zero-order valence-electron chi connectivity index (χ0n) is 11.2. The van der Waals surface area contributed by atoms with Gasteiger partial charge in [-0.1, -0.05) is 17.7 Å².